The van der Waals surface area contributed by atoms with Crippen molar-refractivity contribution in [2.24, 2.45) is 5.92 Å². The largest absolute Gasteiger partial charge is 0.444 e. The Balaban J connectivity index is 1.54. The Bertz CT molecular complexity index is 848. The molecule has 0 bridgehead atoms. The van der Waals surface area contributed by atoms with Gasteiger partial charge in [0.25, 0.3) is 0 Å². The van der Waals surface area contributed by atoms with Crippen LogP contribution in [0.15, 0.2) is 36.2 Å². The number of hydrogen-bond acceptors (Lipinski definition) is 4. The third-order valence-electron chi connectivity index (χ3n) is 4.83. The van der Waals surface area contributed by atoms with Crippen LogP contribution in [0, 0.1) is 5.92 Å². The van der Waals surface area contributed by atoms with E-state index in [4.69, 9.17) is 4.74 Å². The van der Waals surface area contributed by atoms with Crippen molar-refractivity contribution < 1.29 is 9.53 Å². The van der Waals surface area contributed by atoms with Crippen LogP contribution in [-0.4, -0.2) is 44.4 Å². The first-order chi connectivity index (χ1) is 12.4. The SMILES string of the molecule is CC(C)(C)OC(=O)N1CCC2=Cc3c(cnn3-c3ccccn3)CC2C1. The molecular formula is C20H24N4O2. The van der Waals surface area contributed by atoms with Crippen LogP contribution in [-0.2, 0) is 11.2 Å². The van der Waals surface area contributed by atoms with Crippen LogP contribution in [0.1, 0.15) is 38.4 Å². The van der Waals surface area contributed by atoms with Crippen molar-refractivity contribution >= 4 is 12.2 Å². The standard InChI is InChI=1S/C20H24N4O2/c1-20(2,3)26-19(25)23-9-7-14-11-17-15(10-16(14)13-23)12-22-24(17)18-6-4-5-8-21-18/h4-6,8,11-12,16H,7,9-10,13H2,1-3H3. The highest BCUT2D eigenvalue weighted by molar-refractivity contribution is 5.69. The second kappa shape index (κ2) is 6.27. The van der Waals surface area contributed by atoms with Crippen LogP contribution in [0.2, 0.25) is 0 Å². The van der Waals surface area contributed by atoms with Crippen LogP contribution in [0.25, 0.3) is 11.9 Å². The molecule has 6 nitrogen and oxygen atoms in total. The third kappa shape index (κ3) is 3.23. The molecule has 6 heteroatoms. The maximum absolute atomic E-state index is 12.4. The summed E-state index contributed by atoms with van der Waals surface area (Å²) in [6.45, 7) is 7.11. The van der Waals surface area contributed by atoms with E-state index < -0.39 is 5.60 Å². The molecule has 0 spiro atoms. The molecule has 1 aliphatic heterocycles. The van der Waals surface area contributed by atoms with Gasteiger partial charge in [0.15, 0.2) is 5.82 Å². The van der Waals surface area contributed by atoms with Gasteiger partial charge in [-0.1, -0.05) is 11.6 Å². The van der Waals surface area contributed by atoms with E-state index >= 15 is 0 Å². The summed E-state index contributed by atoms with van der Waals surface area (Å²) in [7, 11) is 0. The molecule has 2 aliphatic rings. The number of carbonyl (C=O) groups is 1. The molecule has 1 atom stereocenters. The number of rotatable bonds is 1. The zero-order valence-corrected chi connectivity index (χ0v) is 15.5. The molecule has 0 N–H and O–H groups in total. The molecule has 4 rings (SSSR count). The fourth-order valence-electron chi connectivity index (χ4n) is 3.63. The van der Waals surface area contributed by atoms with E-state index in [1.54, 1.807) is 6.20 Å². The molecule has 2 aromatic rings. The minimum Gasteiger partial charge on any atom is -0.444 e. The van der Waals surface area contributed by atoms with Crippen LogP contribution in [0.3, 0.4) is 0 Å². The number of likely N-dealkylation sites (tertiary alicyclic amines) is 1. The minimum absolute atomic E-state index is 0.216. The molecule has 26 heavy (non-hydrogen) atoms. The Morgan fingerprint density at radius 1 is 1.31 bits per heavy atom. The zero-order valence-electron chi connectivity index (χ0n) is 15.5. The lowest BCUT2D eigenvalue weighted by Crippen LogP contribution is -2.44. The van der Waals surface area contributed by atoms with Crippen molar-refractivity contribution in [3.8, 4) is 5.82 Å². The van der Waals surface area contributed by atoms with Gasteiger partial charge in [0.2, 0.25) is 0 Å². The van der Waals surface area contributed by atoms with Crippen molar-refractivity contribution in [1.29, 1.82) is 0 Å². The lowest BCUT2D eigenvalue weighted by Gasteiger charge is -2.37. The first-order valence-corrected chi connectivity index (χ1v) is 9.07. The average molecular weight is 352 g/mol. The maximum Gasteiger partial charge on any atom is 0.410 e. The molecule has 136 valence electrons. The van der Waals surface area contributed by atoms with E-state index in [-0.39, 0.29) is 6.09 Å². The molecule has 0 radical (unpaired) electrons. The average Bonchev–Trinajstić information content (AvgIpc) is 3.01. The van der Waals surface area contributed by atoms with E-state index in [0.717, 1.165) is 24.4 Å². The van der Waals surface area contributed by atoms with Crippen LogP contribution >= 0.6 is 0 Å². The van der Waals surface area contributed by atoms with E-state index in [1.165, 1.54) is 11.1 Å². The van der Waals surface area contributed by atoms with Crippen LogP contribution < -0.4 is 0 Å². The van der Waals surface area contributed by atoms with E-state index in [1.807, 2.05) is 54.7 Å². The Morgan fingerprint density at radius 3 is 2.88 bits per heavy atom. The molecule has 1 amide bonds. The molecule has 1 fully saturated rings. The molecule has 1 aliphatic carbocycles. The monoisotopic (exact) mass is 352 g/mol. The third-order valence-corrected chi connectivity index (χ3v) is 4.83. The molecule has 1 unspecified atom stereocenters. The van der Waals surface area contributed by atoms with Gasteiger partial charge in [-0.2, -0.15) is 5.10 Å². The second-order valence-electron chi connectivity index (χ2n) is 7.95. The minimum atomic E-state index is -0.462. The fraction of sp³-hybridized carbons (Fsp3) is 0.450. The number of piperidine rings is 1. The van der Waals surface area contributed by atoms with E-state index in [2.05, 4.69) is 16.2 Å². The Kier molecular flexibility index (Phi) is 4.05. The van der Waals surface area contributed by atoms with Crippen molar-refractivity contribution in [2.45, 2.75) is 39.2 Å². The predicted octanol–water partition coefficient (Wildman–Crippen LogP) is 3.46. The second-order valence-corrected chi connectivity index (χ2v) is 7.95. The topological polar surface area (TPSA) is 60.2 Å². The van der Waals surface area contributed by atoms with Crippen molar-refractivity contribution in [3.63, 3.8) is 0 Å². The number of fused-ring (bicyclic) bond motifs is 2. The number of nitrogens with zero attached hydrogens (tertiary/aromatic N) is 4. The molecule has 0 aromatic carbocycles. The lowest BCUT2D eigenvalue weighted by atomic mass is 9.82. The lowest BCUT2D eigenvalue weighted by molar-refractivity contribution is 0.0203. The summed E-state index contributed by atoms with van der Waals surface area (Å²) in [5.41, 5.74) is 3.24. The van der Waals surface area contributed by atoms with Crippen molar-refractivity contribution in [1.82, 2.24) is 19.7 Å². The first kappa shape index (κ1) is 16.8. The number of ether oxygens (including phenoxy) is 1. The van der Waals surface area contributed by atoms with Crippen molar-refractivity contribution in [2.75, 3.05) is 13.1 Å². The summed E-state index contributed by atoms with van der Waals surface area (Å²) in [5.74, 6) is 1.17. The van der Waals surface area contributed by atoms with Gasteiger partial charge in [0, 0.05) is 25.2 Å². The van der Waals surface area contributed by atoms with Gasteiger partial charge in [0.1, 0.15) is 5.60 Å². The van der Waals surface area contributed by atoms with Crippen molar-refractivity contribution in [3.05, 3.63) is 47.4 Å². The van der Waals surface area contributed by atoms with E-state index in [9.17, 15) is 4.79 Å². The molecule has 2 aromatic heterocycles. The highest BCUT2D eigenvalue weighted by Gasteiger charge is 2.33. The summed E-state index contributed by atoms with van der Waals surface area (Å²) in [5, 5.41) is 4.53. The Labute approximate surface area is 153 Å². The number of carbonyl (C=O) groups excluding carboxylic acids is 1. The fourth-order valence-corrected chi connectivity index (χ4v) is 3.63. The summed E-state index contributed by atoms with van der Waals surface area (Å²) in [4.78, 5) is 18.6. The summed E-state index contributed by atoms with van der Waals surface area (Å²) in [6, 6.07) is 5.83. The normalized spacial score (nSPS) is 19.4. The smallest absolute Gasteiger partial charge is 0.410 e. The highest BCUT2D eigenvalue weighted by Crippen LogP contribution is 2.35. The van der Waals surface area contributed by atoms with Gasteiger partial charge in [-0.05, 0) is 57.4 Å². The maximum atomic E-state index is 12.4. The summed E-state index contributed by atoms with van der Waals surface area (Å²) in [6.07, 6.45) is 7.49. The van der Waals surface area contributed by atoms with Gasteiger partial charge >= 0.3 is 6.09 Å². The Morgan fingerprint density at radius 2 is 2.15 bits per heavy atom. The van der Waals surface area contributed by atoms with Crippen LogP contribution in [0.5, 0.6) is 0 Å². The van der Waals surface area contributed by atoms with Gasteiger partial charge in [-0.25, -0.2) is 14.5 Å². The van der Waals surface area contributed by atoms with Gasteiger partial charge in [-0.15, -0.1) is 0 Å². The number of aromatic nitrogens is 3. The first-order valence-electron chi connectivity index (χ1n) is 9.07. The quantitative estimate of drug-likeness (QED) is 0.788. The van der Waals surface area contributed by atoms with Gasteiger partial charge in [0.05, 0.1) is 11.9 Å². The zero-order chi connectivity index (χ0) is 18.3. The molecule has 3 heterocycles. The Hall–Kier alpha value is -2.63. The molecular weight excluding hydrogens is 328 g/mol. The van der Waals surface area contributed by atoms with Gasteiger partial charge in [-0.3, -0.25) is 0 Å². The number of pyridine rings is 1. The number of hydrogen-bond donors (Lipinski definition) is 0. The van der Waals surface area contributed by atoms with Crippen LogP contribution in [0.4, 0.5) is 4.79 Å². The molecule has 0 saturated carbocycles. The van der Waals surface area contributed by atoms with E-state index in [0.29, 0.717) is 19.0 Å². The van der Waals surface area contributed by atoms with Gasteiger partial charge < -0.3 is 9.64 Å². The number of amides is 1. The summed E-state index contributed by atoms with van der Waals surface area (Å²) >= 11 is 0. The highest BCUT2D eigenvalue weighted by atomic mass is 16.6. The molecule has 1 saturated heterocycles. The summed E-state index contributed by atoms with van der Waals surface area (Å²) < 4.78 is 7.43. The predicted molar refractivity (Wildman–Crippen MR) is 99.0 cm³/mol.